The summed E-state index contributed by atoms with van der Waals surface area (Å²) in [6, 6.07) is -0.670. The maximum atomic E-state index is 12.5. The molecule has 0 saturated carbocycles. The van der Waals surface area contributed by atoms with E-state index in [0.717, 1.165) is 4.90 Å². The number of nitrogens with zero attached hydrogens (tertiary/aromatic N) is 2. The fraction of sp³-hybridized carbons (Fsp3) is 0.846. The fourth-order valence-corrected chi connectivity index (χ4v) is 2.49. The molecule has 22 heavy (non-hydrogen) atoms. The van der Waals surface area contributed by atoms with Crippen molar-refractivity contribution in [2.45, 2.75) is 38.9 Å². The van der Waals surface area contributed by atoms with Gasteiger partial charge in [0.2, 0.25) is 11.8 Å². The van der Waals surface area contributed by atoms with Gasteiger partial charge in [0.15, 0.2) is 0 Å². The van der Waals surface area contributed by atoms with E-state index in [0.29, 0.717) is 19.4 Å². The van der Waals surface area contributed by atoms with Crippen LogP contribution in [0, 0.1) is 5.92 Å². The van der Waals surface area contributed by atoms with Crippen LogP contribution in [0.3, 0.4) is 0 Å². The first-order valence-electron chi connectivity index (χ1n) is 7.05. The second kappa shape index (κ2) is 8.57. The molecule has 0 aliphatic carbocycles. The van der Waals surface area contributed by atoms with Crippen molar-refractivity contribution in [3.8, 4) is 0 Å². The Balaban J connectivity index is 0.00000441. The van der Waals surface area contributed by atoms with E-state index in [1.165, 1.54) is 11.8 Å². The van der Waals surface area contributed by atoms with E-state index in [-0.39, 0.29) is 31.4 Å². The minimum absolute atomic E-state index is 0. The molecule has 0 spiro atoms. The number of hydrogen-bond acceptors (Lipinski definition) is 3. The lowest BCUT2D eigenvalue weighted by Crippen LogP contribution is -2.51. The van der Waals surface area contributed by atoms with Crippen LogP contribution in [0.2, 0.25) is 0 Å². The van der Waals surface area contributed by atoms with Gasteiger partial charge in [0.05, 0.1) is 12.0 Å². The summed E-state index contributed by atoms with van der Waals surface area (Å²) in [7, 11) is 0. The van der Waals surface area contributed by atoms with Gasteiger partial charge in [-0.2, -0.15) is 13.2 Å². The lowest BCUT2D eigenvalue weighted by Gasteiger charge is -2.35. The molecular formula is C13H23ClF3N3O2. The van der Waals surface area contributed by atoms with Crippen LogP contribution in [0.5, 0.6) is 0 Å². The van der Waals surface area contributed by atoms with Crippen molar-refractivity contribution in [2.75, 3.05) is 26.2 Å². The lowest BCUT2D eigenvalue weighted by molar-refractivity contribution is -0.164. The first-order chi connectivity index (χ1) is 9.65. The van der Waals surface area contributed by atoms with E-state index in [4.69, 9.17) is 5.73 Å². The van der Waals surface area contributed by atoms with Crippen molar-refractivity contribution in [3.63, 3.8) is 0 Å². The van der Waals surface area contributed by atoms with Crippen LogP contribution >= 0.6 is 12.4 Å². The van der Waals surface area contributed by atoms with Gasteiger partial charge in [0, 0.05) is 19.6 Å². The molecule has 1 rings (SSSR count). The Morgan fingerprint density at radius 3 is 2.45 bits per heavy atom. The van der Waals surface area contributed by atoms with Crippen molar-refractivity contribution in [1.29, 1.82) is 0 Å². The first kappa shape index (κ1) is 21.0. The number of amides is 2. The Bertz CT molecular complexity index is 391. The lowest BCUT2D eigenvalue weighted by atomic mass is 9.96. The van der Waals surface area contributed by atoms with Gasteiger partial charge >= 0.3 is 6.18 Å². The second-order valence-corrected chi connectivity index (χ2v) is 5.38. The Morgan fingerprint density at radius 2 is 2.00 bits per heavy atom. The zero-order valence-corrected chi connectivity index (χ0v) is 13.5. The molecule has 0 aromatic heterocycles. The number of likely N-dealkylation sites (tertiary alicyclic amines) is 1. The Kier molecular flexibility index (Phi) is 8.17. The van der Waals surface area contributed by atoms with Crippen LogP contribution in [-0.2, 0) is 9.59 Å². The molecule has 1 saturated heterocycles. The molecule has 0 aromatic carbocycles. The third-order valence-electron chi connectivity index (χ3n) is 3.54. The molecule has 2 N–H and O–H groups in total. The monoisotopic (exact) mass is 345 g/mol. The van der Waals surface area contributed by atoms with Crippen molar-refractivity contribution in [2.24, 2.45) is 11.7 Å². The molecule has 0 aromatic rings. The Morgan fingerprint density at radius 1 is 1.41 bits per heavy atom. The van der Waals surface area contributed by atoms with E-state index in [2.05, 4.69) is 0 Å². The van der Waals surface area contributed by atoms with Crippen molar-refractivity contribution in [3.05, 3.63) is 0 Å². The molecule has 1 fully saturated rings. The summed E-state index contributed by atoms with van der Waals surface area (Å²) in [4.78, 5) is 26.3. The van der Waals surface area contributed by atoms with E-state index in [1.807, 2.05) is 0 Å². The van der Waals surface area contributed by atoms with Crippen LogP contribution in [0.15, 0.2) is 0 Å². The van der Waals surface area contributed by atoms with Crippen LogP contribution in [-0.4, -0.2) is 60.0 Å². The maximum absolute atomic E-state index is 12.5. The van der Waals surface area contributed by atoms with Gasteiger partial charge in [0.1, 0.15) is 6.54 Å². The summed E-state index contributed by atoms with van der Waals surface area (Å²) in [5.41, 5.74) is 5.52. The minimum atomic E-state index is -4.42. The van der Waals surface area contributed by atoms with E-state index >= 15 is 0 Å². The first-order valence-corrected chi connectivity index (χ1v) is 7.05. The summed E-state index contributed by atoms with van der Waals surface area (Å²) < 4.78 is 37.4. The predicted octanol–water partition coefficient (Wildman–Crippen LogP) is 1.40. The topological polar surface area (TPSA) is 66.6 Å². The smallest absolute Gasteiger partial charge is 0.341 e. The highest BCUT2D eigenvalue weighted by Crippen LogP contribution is 2.22. The SMILES string of the molecule is CCN(CC(F)(F)F)C(=O)C1CCCN(C(=O)[C@@H](C)N)C1.Cl. The highest BCUT2D eigenvalue weighted by atomic mass is 35.5. The summed E-state index contributed by atoms with van der Waals surface area (Å²) in [6.45, 7) is 2.45. The Hall–Kier alpha value is -1.02. The molecular weight excluding hydrogens is 323 g/mol. The summed E-state index contributed by atoms with van der Waals surface area (Å²) in [5, 5.41) is 0. The highest BCUT2D eigenvalue weighted by molar-refractivity contribution is 5.85. The van der Waals surface area contributed by atoms with Gasteiger partial charge in [0.25, 0.3) is 0 Å². The predicted molar refractivity (Wildman–Crippen MR) is 78.5 cm³/mol. The number of carbonyl (C=O) groups is 2. The van der Waals surface area contributed by atoms with Crippen LogP contribution in [0.1, 0.15) is 26.7 Å². The van der Waals surface area contributed by atoms with Gasteiger partial charge in [-0.15, -0.1) is 12.4 Å². The molecule has 1 aliphatic heterocycles. The maximum Gasteiger partial charge on any atom is 0.406 e. The molecule has 9 heteroatoms. The van der Waals surface area contributed by atoms with E-state index in [9.17, 15) is 22.8 Å². The van der Waals surface area contributed by atoms with Crippen LogP contribution in [0.4, 0.5) is 13.2 Å². The van der Waals surface area contributed by atoms with Crippen molar-refractivity contribution >= 4 is 24.2 Å². The Labute approximate surface area is 134 Å². The molecule has 2 atom stereocenters. The van der Waals surface area contributed by atoms with Gasteiger partial charge in [-0.25, -0.2) is 0 Å². The van der Waals surface area contributed by atoms with Gasteiger partial charge in [-0.05, 0) is 26.7 Å². The average molecular weight is 346 g/mol. The normalized spacial score (nSPS) is 20.1. The number of hydrogen-bond donors (Lipinski definition) is 1. The van der Waals surface area contributed by atoms with Gasteiger partial charge in [-0.1, -0.05) is 0 Å². The minimum Gasteiger partial charge on any atom is -0.341 e. The number of nitrogens with two attached hydrogens (primary N) is 1. The summed E-state index contributed by atoms with van der Waals surface area (Å²) in [5.74, 6) is -1.40. The van der Waals surface area contributed by atoms with Gasteiger partial charge < -0.3 is 15.5 Å². The molecule has 2 amide bonds. The average Bonchev–Trinajstić information content (AvgIpc) is 2.42. The fourth-order valence-electron chi connectivity index (χ4n) is 2.49. The molecule has 0 bridgehead atoms. The molecule has 1 heterocycles. The standard InChI is InChI=1S/C13H22F3N3O2.ClH/c1-3-18(8-13(14,15)16)12(21)10-5-4-6-19(7-10)11(20)9(2)17;/h9-10H,3-8,17H2,1-2H3;1H/t9-,10?;/m1./s1. The van der Waals surface area contributed by atoms with Gasteiger partial charge in [-0.3, -0.25) is 9.59 Å². The third-order valence-corrected chi connectivity index (χ3v) is 3.54. The molecule has 1 aliphatic rings. The zero-order valence-electron chi connectivity index (χ0n) is 12.7. The summed E-state index contributed by atoms with van der Waals surface area (Å²) in [6.07, 6.45) is -3.32. The van der Waals surface area contributed by atoms with Crippen LogP contribution < -0.4 is 5.73 Å². The largest absolute Gasteiger partial charge is 0.406 e. The number of alkyl halides is 3. The zero-order chi connectivity index (χ0) is 16.2. The van der Waals surface area contributed by atoms with Crippen LogP contribution in [0.25, 0.3) is 0 Å². The number of piperidine rings is 1. The molecule has 130 valence electrons. The quantitative estimate of drug-likeness (QED) is 0.837. The van der Waals surface area contributed by atoms with Crippen molar-refractivity contribution in [1.82, 2.24) is 9.80 Å². The number of rotatable bonds is 4. The van der Waals surface area contributed by atoms with Crippen molar-refractivity contribution < 1.29 is 22.8 Å². The van der Waals surface area contributed by atoms with E-state index in [1.54, 1.807) is 6.92 Å². The summed E-state index contributed by atoms with van der Waals surface area (Å²) >= 11 is 0. The number of halogens is 4. The van der Waals surface area contributed by atoms with E-state index < -0.39 is 30.6 Å². The number of carbonyl (C=O) groups excluding carboxylic acids is 2. The highest BCUT2D eigenvalue weighted by Gasteiger charge is 2.36. The third kappa shape index (κ3) is 6.00. The molecule has 0 radical (unpaired) electrons. The molecule has 1 unspecified atom stereocenters. The second-order valence-electron chi connectivity index (χ2n) is 5.38. The molecule has 5 nitrogen and oxygen atoms in total.